The number of aromatic nitrogens is 3. The summed E-state index contributed by atoms with van der Waals surface area (Å²) in [6.07, 6.45) is 3.77. The molecule has 1 aromatic heterocycles. The van der Waals surface area contributed by atoms with Crippen molar-refractivity contribution >= 4 is 5.91 Å². The lowest BCUT2D eigenvalue weighted by atomic mass is 10.1. The predicted octanol–water partition coefficient (Wildman–Crippen LogP) is 1.05. The van der Waals surface area contributed by atoms with Gasteiger partial charge in [-0.25, -0.2) is 9.67 Å². The van der Waals surface area contributed by atoms with E-state index < -0.39 is 0 Å². The molecule has 2 aromatic rings. The highest BCUT2D eigenvalue weighted by Gasteiger charge is 2.20. The van der Waals surface area contributed by atoms with Crippen molar-refractivity contribution in [3.8, 4) is 5.75 Å². The second-order valence-corrected chi connectivity index (χ2v) is 6.11. The summed E-state index contributed by atoms with van der Waals surface area (Å²) in [5, 5.41) is 7.11. The fraction of sp³-hybridized carbons (Fsp3) is 0.471. The highest BCUT2D eigenvalue weighted by atomic mass is 16.5. The van der Waals surface area contributed by atoms with E-state index in [2.05, 4.69) is 39.4 Å². The van der Waals surface area contributed by atoms with E-state index in [0.717, 1.165) is 24.4 Å². The molecule has 2 heterocycles. The maximum absolute atomic E-state index is 11.6. The maximum atomic E-state index is 11.6. The van der Waals surface area contributed by atoms with Gasteiger partial charge in [-0.15, -0.1) is 0 Å². The van der Waals surface area contributed by atoms with Crippen LogP contribution in [0, 0.1) is 0 Å². The molecule has 1 aliphatic heterocycles. The van der Waals surface area contributed by atoms with E-state index in [4.69, 9.17) is 4.74 Å². The van der Waals surface area contributed by atoms with E-state index >= 15 is 0 Å². The van der Waals surface area contributed by atoms with Crippen LogP contribution in [0.3, 0.4) is 0 Å². The molecule has 7 nitrogen and oxygen atoms in total. The molecular weight excluding hydrogens is 306 g/mol. The van der Waals surface area contributed by atoms with Crippen LogP contribution >= 0.6 is 0 Å². The van der Waals surface area contributed by atoms with E-state index in [1.807, 2.05) is 6.07 Å². The number of hydrogen-bond acceptors (Lipinski definition) is 5. The number of nitrogens with zero attached hydrogens (tertiary/aromatic N) is 4. The minimum atomic E-state index is 0.131. The van der Waals surface area contributed by atoms with Crippen LogP contribution in [-0.4, -0.2) is 51.8 Å². The Kier molecular flexibility index (Phi) is 5.10. The van der Waals surface area contributed by atoms with Crippen molar-refractivity contribution in [3.63, 3.8) is 0 Å². The van der Waals surface area contributed by atoms with Crippen LogP contribution in [0.2, 0.25) is 0 Å². The average Bonchev–Trinajstić information content (AvgIpc) is 3.04. The molecule has 1 atom stereocenters. The zero-order valence-electron chi connectivity index (χ0n) is 14.1. The van der Waals surface area contributed by atoms with Crippen molar-refractivity contribution in [2.75, 3.05) is 20.2 Å². The molecule has 0 spiro atoms. The van der Waals surface area contributed by atoms with Gasteiger partial charge in [0.05, 0.1) is 13.7 Å². The van der Waals surface area contributed by atoms with E-state index in [-0.39, 0.29) is 5.91 Å². The number of benzene rings is 1. The van der Waals surface area contributed by atoms with Gasteiger partial charge in [0, 0.05) is 37.7 Å². The minimum Gasteiger partial charge on any atom is -0.496 e. The molecule has 1 aliphatic rings. The Morgan fingerprint density at radius 2 is 2.25 bits per heavy atom. The molecule has 24 heavy (non-hydrogen) atoms. The first-order valence-electron chi connectivity index (χ1n) is 8.14. The Morgan fingerprint density at radius 3 is 3.00 bits per heavy atom. The lowest BCUT2D eigenvalue weighted by molar-refractivity contribution is -0.120. The zero-order valence-corrected chi connectivity index (χ0v) is 14.1. The number of carbonyl (C=O) groups excluding carboxylic acids is 1. The van der Waals surface area contributed by atoms with Crippen LogP contribution in [-0.2, 0) is 17.9 Å². The Balaban J connectivity index is 1.76. The summed E-state index contributed by atoms with van der Waals surface area (Å²) in [6.45, 7) is 5.04. The van der Waals surface area contributed by atoms with Crippen LogP contribution in [0.15, 0.2) is 30.9 Å². The monoisotopic (exact) mass is 329 g/mol. The molecule has 1 saturated heterocycles. The third-order valence-corrected chi connectivity index (χ3v) is 4.37. The van der Waals surface area contributed by atoms with Crippen LogP contribution < -0.4 is 10.1 Å². The number of ether oxygens (including phenoxy) is 1. The molecule has 0 radical (unpaired) electrons. The summed E-state index contributed by atoms with van der Waals surface area (Å²) in [4.78, 5) is 17.9. The first kappa shape index (κ1) is 16.4. The fourth-order valence-corrected chi connectivity index (χ4v) is 2.96. The molecule has 1 amide bonds. The number of hydrogen-bond donors (Lipinski definition) is 1. The van der Waals surface area contributed by atoms with Gasteiger partial charge in [-0.1, -0.05) is 6.07 Å². The molecule has 0 bridgehead atoms. The zero-order chi connectivity index (χ0) is 16.9. The quantitative estimate of drug-likeness (QED) is 0.887. The van der Waals surface area contributed by atoms with E-state index in [9.17, 15) is 4.79 Å². The average molecular weight is 329 g/mol. The topological polar surface area (TPSA) is 72.3 Å². The fourth-order valence-electron chi connectivity index (χ4n) is 2.96. The first-order valence-corrected chi connectivity index (χ1v) is 8.14. The minimum absolute atomic E-state index is 0.131. The maximum Gasteiger partial charge on any atom is 0.221 e. The number of methoxy groups -OCH3 is 1. The van der Waals surface area contributed by atoms with Crippen molar-refractivity contribution in [2.45, 2.75) is 32.5 Å². The van der Waals surface area contributed by atoms with Gasteiger partial charge in [-0.3, -0.25) is 9.69 Å². The number of carbonyl (C=O) groups is 1. The third-order valence-electron chi connectivity index (χ3n) is 4.37. The van der Waals surface area contributed by atoms with Crippen LogP contribution in [0.4, 0.5) is 0 Å². The van der Waals surface area contributed by atoms with Gasteiger partial charge in [0.25, 0.3) is 0 Å². The number of rotatable bonds is 5. The molecule has 3 rings (SSSR count). The van der Waals surface area contributed by atoms with Crippen molar-refractivity contribution in [2.24, 2.45) is 0 Å². The summed E-state index contributed by atoms with van der Waals surface area (Å²) in [6, 6.07) is 6.54. The smallest absolute Gasteiger partial charge is 0.221 e. The normalized spacial score (nSPS) is 18.9. The molecular formula is C17H23N5O2. The van der Waals surface area contributed by atoms with Crippen LogP contribution in [0.5, 0.6) is 5.75 Å². The van der Waals surface area contributed by atoms with Gasteiger partial charge in [0.2, 0.25) is 5.91 Å². The second kappa shape index (κ2) is 7.44. The molecule has 1 fully saturated rings. The summed E-state index contributed by atoms with van der Waals surface area (Å²) in [7, 11) is 1.67. The highest BCUT2D eigenvalue weighted by Crippen LogP contribution is 2.22. The summed E-state index contributed by atoms with van der Waals surface area (Å²) in [5.74, 6) is 0.973. The SMILES string of the molecule is COc1ccc(CN2CCC(=O)NCC2C)cc1Cn1cncn1. The largest absolute Gasteiger partial charge is 0.496 e. The van der Waals surface area contributed by atoms with E-state index in [1.165, 1.54) is 11.9 Å². The van der Waals surface area contributed by atoms with Gasteiger partial charge in [0.1, 0.15) is 18.4 Å². The molecule has 0 saturated carbocycles. The second-order valence-electron chi connectivity index (χ2n) is 6.11. The van der Waals surface area contributed by atoms with Crippen molar-refractivity contribution in [1.29, 1.82) is 0 Å². The van der Waals surface area contributed by atoms with E-state index in [1.54, 1.807) is 18.1 Å². The van der Waals surface area contributed by atoms with Gasteiger partial charge in [-0.05, 0) is 24.6 Å². The van der Waals surface area contributed by atoms with Crippen molar-refractivity contribution in [3.05, 3.63) is 42.0 Å². The van der Waals surface area contributed by atoms with Crippen molar-refractivity contribution in [1.82, 2.24) is 25.0 Å². The lowest BCUT2D eigenvalue weighted by Gasteiger charge is -2.26. The standard InChI is InChI=1S/C17H23N5O2/c1-13-8-19-17(23)5-6-21(13)9-14-3-4-16(24-2)15(7-14)10-22-12-18-11-20-22/h3-4,7,11-13H,5-6,8-10H2,1-2H3,(H,19,23). The third kappa shape index (κ3) is 3.91. The molecule has 1 N–H and O–H groups in total. The Labute approximate surface area is 141 Å². The number of nitrogens with one attached hydrogen (secondary N) is 1. The molecule has 1 unspecified atom stereocenters. The lowest BCUT2D eigenvalue weighted by Crippen LogP contribution is -2.37. The number of amides is 1. The van der Waals surface area contributed by atoms with Gasteiger partial charge in [0.15, 0.2) is 0 Å². The van der Waals surface area contributed by atoms with Crippen LogP contribution in [0.25, 0.3) is 0 Å². The molecule has 0 aliphatic carbocycles. The Bertz CT molecular complexity index is 686. The Hall–Kier alpha value is -2.41. The molecule has 1 aromatic carbocycles. The molecule has 128 valence electrons. The predicted molar refractivity (Wildman–Crippen MR) is 89.6 cm³/mol. The van der Waals surface area contributed by atoms with E-state index in [0.29, 0.717) is 25.6 Å². The summed E-state index contributed by atoms with van der Waals surface area (Å²) < 4.78 is 7.24. The first-order chi connectivity index (χ1) is 11.7. The highest BCUT2D eigenvalue weighted by molar-refractivity contribution is 5.76. The van der Waals surface area contributed by atoms with Crippen molar-refractivity contribution < 1.29 is 9.53 Å². The van der Waals surface area contributed by atoms with Gasteiger partial charge >= 0.3 is 0 Å². The summed E-state index contributed by atoms with van der Waals surface area (Å²) in [5.41, 5.74) is 2.27. The molecule has 7 heteroatoms. The van der Waals surface area contributed by atoms with Gasteiger partial charge in [-0.2, -0.15) is 5.10 Å². The van der Waals surface area contributed by atoms with Gasteiger partial charge < -0.3 is 10.1 Å². The summed E-state index contributed by atoms with van der Waals surface area (Å²) >= 11 is 0. The Morgan fingerprint density at radius 1 is 1.38 bits per heavy atom. The van der Waals surface area contributed by atoms with Crippen LogP contribution in [0.1, 0.15) is 24.5 Å².